The van der Waals surface area contributed by atoms with Gasteiger partial charge in [-0.1, -0.05) is 115 Å². The van der Waals surface area contributed by atoms with Crippen molar-refractivity contribution in [3.05, 3.63) is 24.3 Å². The maximum absolute atomic E-state index is 12.4. The highest BCUT2D eigenvalue weighted by molar-refractivity contribution is 7.47. The largest absolute Gasteiger partial charge is 0.472 e. The summed E-state index contributed by atoms with van der Waals surface area (Å²) in [5.74, 6) is -0.825. The second-order valence-electron chi connectivity index (χ2n) is 10.6. The zero-order valence-electron chi connectivity index (χ0n) is 26.2. The first-order valence-corrected chi connectivity index (χ1v) is 17.5. The molecule has 0 bridgehead atoms. The fourth-order valence-corrected chi connectivity index (χ4v) is 4.62. The van der Waals surface area contributed by atoms with Crippen molar-refractivity contribution in [3.8, 4) is 0 Å². The molecule has 0 heterocycles. The maximum atomic E-state index is 12.4. The van der Waals surface area contributed by atoms with E-state index in [1.54, 1.807) is 0 Å². The van der Waals surface area contributed by atoms with Crippen LogP contribution in [0.4, 0.5) is 0 Å². The van der Waals surface area contributed by atoms with Crippen LogP contribution in [0, 0.1) is 0 Å². The molecule has 0 aromatic heterocycles. The van der Waals surface area contributed by atoms with Crippen LogP contribution in [-0.4, -0.2) is 43.3 Å². The number of phosphoric acid groups is 1. The number of ether oxygens (including phenoxy) is 2. The zero-order chi connectivity index (χ0) is 30.4. The summed E-state index contributed by atoms with van der Waals surface area (Å²) in [6.07, 6.45) is 28.1. The quantitative estimate of drug-likeness (QED) is 0.0391. The Kier molecular flexibility index (Phi) is 27.6. The molecule has 1 N–H and O–H groups in total. The molecule has 0 rings (SSSR count). The van der Waals surface area contributed by atoms with Gasteiger partial charge in [-0.25, -0.2) is 4.57 Å². The van der Waals surface area contributed by atoms with Gasteiger partial charge in [0.2, 0.25) is 0 Å². The van der Waals surface area contributed by atoms with Crippen molar-refractivity contribution in [1.29, 1.82) is 0 Å². The van der Waals surface area contributed by atoms with E-state index >= 15 is 0 Å². The number of unbranched alkanes of at least 4 members (excludes halogenated alkanes) is 14. The lowest BCUT2D eigenvalue weighted by Gasteiger charge is -2.19. The van der Waals surface area contributed by atoms with Crippen molar-refractivity contribution < 1.29 is 37.6 Å². The summed E-state index contributed by atoms with van der Waals surface area (Å²) in [6.45, 7) is 3.75. The predicted molar refractivity (Wildman–Crippen MR) is 166 cm³/mol. The van der Waals surface area contributed by atoms with Gasteiger partial charge in [0.1, 0.15) is 6.61 Å². The number of rotatable bonds is 29. The van der Waals surface area contributed by atoms with E-state index in [9.17, 15) is 19.0 Å². The molecule has 2 atom stereocenters. The highest BCUT2D eigenvalue weighted by Crippen LogP contribution is 2.42. The second-order valence-corrected chi connectivity index (χ2v) is 12.2. The number of allylic oxidation sites excluding steroid dienone is 4. The molecule has 0 aliphatic heterocycles. The van der Waals surface area contributed by atoms with Crippen LogP contribution in [0.15, 0.2) is 24.3 Å². The molecule has 0 aromatic rings. The summed E-state index contributed by atoms with van der Waals surface area (Å²) >= 11 is 0. The Morgan fingerprint density at radius 2 is 1.22 bits per heavy atom. The summed E-state index contributed by atoms with van der Waals surface area (Å²) in [5.41, 5.74) is 0. The topological polar surface area (TPSA) is 108 Å². The summed E-state index contributed by atoms with van der Waals surface area (Å²) in [4.78, 5) is 34.0. The smallest absolute Gasteiger partial charge is 0.462 e. The van der Waals surface area contributed by atoms with Crippen molar-refractivity contribution >= 4 is 19.8 Å². The normalized spacial score (nSPS) is 14.0. The van der Waals surface area contributed by atoms with Gasteiger partial charge >= 0.3 is 19.8 Å². The van der Waals surface area contributed by atoms with E-state index in [0.717, 1.165) is 71.3 Å². The Balaban J connectivity index is 4.17. The van der Waals surface area contributed by atoms with Gasteiger partial charge in [-0.15, -0.1) is 0 Å². The van der Waals surface area contributed by atoms with Crippen molar-refractivity contribution in [2.45, 2.75) is 148 Å². The zero-order valence-corrected chi connectivity index (χ0v) is 27.1. The Bertz CT molecular complexity index is 737. The van der Waals surface area contributed by atoms with Crippen molar-refractivity contribution in [2.24, 2.45) is 0 Å². The molecule has 0 aromatic carbocycles. The number of carbonyl (C=O) groups is 2. The van der Waals surface area contributed by atoms with Crippen molar-refractivity contribution in [3.63, 3.8) is 0 Å². The fraction of sp³-hybridized carbons (Fsp3) is 0.812. The van der Waals surface area contributed by atoms with E-state index in [0.29, 0.717) is 12.8 Å². The Hall–Kier alpha value is -1.47. The summed E-state index contributed by atoms with van der Waals surface area (Å²) in [7, 11) is -3.20. The number of phosphoric ester groups is 1. The van der Waals surface area contributed by atoms with Gasteiger partial charge in [-0.05, 0) is 38.5 Å². The van der Waals surface area contributed by atoms with Crippen LogP contribution in [0.1, 0.15) is 142 Å². The number of hydrogen-bond donors (Lipinski definition) is 1. The van der Waals surface area contributed by atoms with Crippen LogP contribution < -0.4 is 0 Å². The molecule has 0 amide bonds. The van der Waals surface area contributed by atoms with Crippen LogP contribution in [0.25, 0.3) is 0 Å². The first-order valence-electron chi connectivity index (χ1n) is 16.0. The highest BCUT2D eigenvalue weighted by atomic mass is 31.2. The monoisotopic (exact) mass is 602 g/mol. The third kappa shape index (κ3) is 28.4. The van der Waals surface area contributed by atoms with Crippen LogP contribution in [0.3, 0.4) is 0 Å². The molecule has 0 saturated heterocycles. The van der Waals surface area contributed by atoms with Gasteiger partial charge < -0.3 is 14.4 Å². The molecular formula is C32H59O8P. The van der Waals surface area contributed by atoms with Gasteiger partial charge in [0, 0.05) is 20.0 Å². The summed E-state index contributed by atoms with van der Waals surface area (Å²) in [6, 6.07) is 0. The minimum absolute atomic E-state index is 0.229. The SMILES string of the molecule is CCC/C=C\C/C=C\CCCCCCCC(=O)OC(COC(=O)CCCCCCCCCCC)COP(=O)(O)OC. The Morgan fingerprint density at radius 1 is 0.683 bits per heavy atom. The molecule has 0 aliphatic rings. The van der Waals surface area contributed by atoms with Gasteiger partial charge in [0.15, 0.2) is 6.10 Å². The minimum Gasteiger partial charge on any atom is -0.462 e. The molecule has 240 valence electrons. The van der Waals surface area contributed by atoms with Gasteiger partial charge in [0.05, 0.1) is 6.61 Å². The van der Waals surface area contributed by atoms with Crippen molar-refractivity contribution in [1.82, 2.24) is 0 Å². The lowest BCUT2D eigenvalue weighted by Crippen LogP contribution is -2.29. The summed E-state index contributed by atoms with van der Waals surface area (Å²) < 4.78 is 31.6. The van der Waals surface area contributed by atoms with E-state index in [1.807, 2.05) is 0 Å². The third-order valence-electron chi connectivity index (χ3n) is 6.68. The molecule has 0 spiro atoms. The molecule has 0 aliphatic carbocycles. The Labute approximate surface area is 250 Å². The molecule has 9 heteroatoms. The first kappa shape index (κ1) is 39.5. The lowest BCUT2D eigenvalue weighted by atomic mass is 10.1. The summed E-state index contributed by atoms with van der Waals surface area (Å²) in [5, 5.41) is 0. The first-order chi connectivity index (χ1) is 19.8. The Morgan fingerprint density at radius 3 is 1.80 bits per heavy atom. The number of hydrogen-bond acceptors (Lipinski definition) is 7. The molecule has 0 radical (unpaired) electrons. The predicted octanol–water partition coefficient (Wildman–Crippen LogP) is 9.16. The van der Waals surface area contributed by atoms with Crippen LogP contribution in [-0.2, 0) is 32.7 Å². The van der Waals surface area contributed by atoms with E-state index in [-0.39, 0.29) is 19.0 Å². The van der Waals surface area contributed by atoms with E-state index in [1.165, 1.54) is 44.9 Å². The number of carbonyl (C=O) groups excluding carboxylic acids is 2. The average molecular weight is 603 g/mol. The molecule has 2 unspecified atom stereocenters. The van der Waals surface area contributed by atoms with Gasteiger partial charge in [0.25, 0.3) is 0 Å². The van der Waals surface area contributed by atoms with E-state index in [4.69, 9.17) is 14.0 Å². The van der Waals surface area contributed by atoms with E-state index < -0.39 is 26.5 Å². The molecular weight excluding hydrogens is 543 g/mol. The second kappa shape index (κ2) is 28.6. The van der Waals surface area contributed by atoms with Crippen LogP contribution in [0.5, 0.6) is 0 Å². The fourth-order valence-electron chi connectivity index (χ4n) is 4.16. The molecule has 41 heavy (non-hydrogen) atoms. The minimum atomic E-state index is -4.25. The number of esters is 2. The van der Waals surface area contributed by atoms with Crippen LogP contribution >= 0.6 is 7.82 Å². The van der Waals surface area contributed by atoms with Crippen molar-refractivity contribution in [2.75, 3.05) is 20.3 Å². The van der Waals surface area contributed by atoms with Gasteiger partial charge in [-0.3, -0.25) is 18.6 Å². The van der Waals surface area contributed by atoms with Gasteiger partial charge in [-0.2, -0.15) is 0 Å². The maximum Gasteiger partial charge on any atom is 0.472 e. The average Bonchev–Trinajstić information content (AvgIpc) is 2.96. The molecule has 8 nitrogen and oxygen atoms in total. The highest BCUT2D eigenvalue weighted by Gasteiger charge is 2.24. The standard InChI is InChI=1S/C32H59O8P/c1-4-6-8-10-12-14-15-16-17-19-21-23-25-27-32(34)40-30(29-39-41(35,36)37-3)28-38-31(33)26-24-22-20-18-13-11-9-7-5-2/h8,10,14-15,30H,4-7,9,11-13,16-29H2,1-3H3,(H,35,36)/b10-8-,15-14-. The molecule has 0 saturated carbocycles. The third-order valence-corrected chi connectivity index (χ3v) is 7.62. The van der Waals surface area contributed by atoms with Crippen LogP contribution in [0.2, 0.25) is 0 Å². The van der Waals surface area contributed by atoms with E-state index in [2.05, 4.69) is 42.7 Å². The molecule has 0 fully saturated rings. The lowest BCUT2D eigenvalue weighted by molar-refractivity contribution is -0.161.